The van der Waals surface area contributed by atoms with Gasteiger partial charge in [0.1, 0.15) is 0 Å². The van der Waals surface area contributed by atoms with Crippen LogP contribution in [0.4, 0.5) is 11.4 Å². The van der Waals surface area contributed by atoms with Crippen molar-refractivity contribution in [3.05, 3.63) is 67.7 Å². The molecule has 0 saturated carbocycles. The van der Waals surface area contributed by atoms with Gasteiger partial charge in [0.25, 0.3) is 11.6 Å². The van der Waals surface area contributed by atoms with Crippen LogP contribution in [0.1, 0.15) is 27.0 Å². The molecule has 1 amide bonds. The zero-order valence-electron chi connectivity index (χ0n) is 14.5. The lowest BCUT2D eigenvalue weighted by atomic mass is 10.1. The first-order valence-electron chi connectivity index (χ1n) is 7.68. The second kappa shape index (κ2) is 7.97. The van der Waals surface area contributed by atoms with Gasteiger partial charge in [-0.1, -0.05) is 29.3 Å². The zero-order valence-corrected chi connectivity index (χ0v) is 15.2. The Morgan fingerprint density at radius 2 is 1.77 bits per heavy atom. The largest absolute Gasteiger partial charge is 0.452 e. The quantitative estimate of drug-likeness (QED) is 0.483. The summed E-state index contributed by atoms with van der Waals surface area (Å²) in [4.78, 5) is 34.1. The highest BCUT2D eigenvalue weighted by molar-refractivity contribution is 6.33. The Kier molecular flexibility index (Phi) is 5.94. The molecule has 26 heavy (non-hydrogen) atoms. The van der Waals surface area contributed by atoms with Gasteiger partial charge in [-0.15, -0.1) is 0 Å². The van der Waals surface area contributed by atoms with Crippen LogP contribution in [0, 0.1) is 30.9 Å². The van der Waals surface area contributed by atoms with Crippen LogP contribution in [0.3, 0.4) is 0 Å². The van der Waals surface area contributed by atoms with Crippen molar-refractivity contribution in [1.82, 2.24) is 0 Å². The summed E-state index contributed by atoms with van der Waals surface area (Å²) >= 11 is 5.86. The number of halogens is 1. The van der Waals surface area contributed by atoms with Crippen LogP contribution in [-0.2, 0) is 9.53 Å². The van der Waals surface area contributed by atoms with Crippen molar-refractivity contribution in [1.29, 1.82) is 0 Å². The summed E-state index contributed by atoms with van der Waals surface area (Å²) in [6.07, 6.45) is 0. The fourth-order valence-electron chi connectivity index (χ4n) is 2.54. The van der Waals surface area contributed by atoms with Gasteiger partial charge in [0.15, 0.2) is 6.61 Å². The molecular weight excluding hydrogens is 360 g/mol. The first-order chi connectivity index (χ1) is 12.2. The van der Waals surface area contributed by atoms with Gasteiger partial charge >= 0.3 is 5.97 Å². The molecule has 0 unspecified atom stereocenters. The number of hydrogen-bond donors (Lipinski definition) is 1. The lowest BCUT2D eigenvalue weighted by molar-refractivity contribution is -0.384. The maximum absolute atomic E-state index is 12.1. The van der Waals surface area contributed by atoms with Crippen LogP contribution in [0.5, 0.6) is 0 Å². The smallest absolute Gasteiger partial charge is 0.340 e. The summed E-state index contributed by atoms with van der Waals surface area (Å²) < 4.78 is 4.94. The predicted octanol–water partition coefficient (Wildman–Crippen LogP) is 3.97. The third kappa shape index (κ3) is 4.58. The van der Waals surface area contributed by atoms with Gasteiger partial charge in [0, 0.05) is 17.8 Å². The molecule has 136 valence electrons. The number of nitrogens with zero attached hydrogens (tertiary/aromatic N) is 1. The Labute approximate surface area is 155 Å². The van der Waals surface area contributed by atoms with Crippen LogP contribution >= 0.6 is 11.6 Å². The molecule has 2 aromatic carbocycles. The average Bonchev–Trinajstić information content (AvgIpc) is 2.55. The van der Waals surface area contributed by atoms with Crippen LogP contribution in [0.25, 0.3) is 0 Å². The molecule has 0 aliphatic heterocycles. The highest BCUT2D eigenvalue weighted by Crippen LogP contribution is 2.24. The van der Waals surface area contributed by atoms with E-state index in [4.69, 9.17) is 16.3 Å². The number of anilines is 1. The van der Waals surface area contributed by atoms with Crippen molar-refractivity contribution < 1.29 is 19.2 Å². The summed E-state index contributed by atoms with van der Waals surface area (Å²) in [6.45, 7) is 5.21. The van der Waals surface area contributed by atoms with Crippen LogP contribution in [0.15, 0.2) is 30.3 Å². The minimum atomic E-state index is -0.836. The monoisotopic (exact) mass is 376 g/mol. The van der Waals surface area contributed by atoms with E-state index >= 15 is 0 Å². The fraction of sp³-hybridized carbons (Fsp3) is 0.222. The molecule has 0 bridgehead atoms. The van der Waals surface area contributed by atoms with Crippen molar-refractivity contribution in [2.24, 2.45) is 0 Å². The summed E-state index contributed by atoms with van der Waals surface area (Å²) in [5.74, 6) is -1.33. The lowest BCUT2D eigenvalue weighted by Crippen LogP contribution is -2.22. The minimum Gasteiger partial charge on any atom is -0.452 e. The van der Waals surface area contributed by atoms with Gasteiger partial charge in [-0.2, -0.15) is 0 Å². The number of nitro groups is 1. The maximum atomic E-state index is 12.1. The number of ether oxygens (including phenoxy) is 1. The van der Waals surface area contributed by atoms with E-state index in [-0.39, 0.29) is 16.3 Å². The minimum absolute atomic E-state index is 0.0484. The van der Waals surface area contributed by atoms with E-state index in [9.17, 15) is 19.7 Å². The Bertz CT molecular complexity index is 872. The molecule has 0 radical (unpaired) electrons. The number of nitrogens with one attached hydrogen (secondary N) is 1. The number of aryl methyl sites for hydroxylation is 3. The highest BCUT2D eigenvalue weighted by Gasteiger charge is 2.17. The number of carbonyl (C=O) groups excluding carboxylic acids is 2. The molecule has 8 heteroatoms. The number of amides is 1. The molecule has 2 rings (SSSR count). The van der Waals surface area contributed by atoms with Gasteiger partial charge < -0.3 is 10.1 Å². The number of non-ortho nitro benzene ring substituents is 1. The van der Waals surface area contributed by atoms with Crippen LogP contribution in [-0.4, -0.2) is 23.4 Å². The van der Waals surface area contributed by atoms with Crippen molar-refractivity contribution in [3.63, 3.8) is 0 Å². The summed E-state index contributed by atoms with van der Waals surface area (Å²) in [5, 5.41) is 13.3. The Balaban J connectivity index is 2.01. The molecule has 0 aliphatic rings. The number of nitro benzene ring substituents is 1. The molecule has 0 heterocycles. The van der Waals surface area contributed by atoms with E-state index in [1.54, 1.807) is 0 Å². The predicted molar refractivity (Wildman–Crippen MR) is 97.7 cm³/mol. The summed E-state index contributed by atoms with van der Waals surface area (Å²) in [5.41, 5.74) is 3.27. The molecular formula is C18H17ClN2O5. The molecule has 0 aliphatic carbocycles. The lowest BCUT2D eigenvalue weighted by Gasteiger charge is -2.13. The molecule has 7 nitrogen and oxygen atoms in total. The standard InChI is InChI=1S/C18H17ClN2O5/c1-10-6-11(2)17(12(3)7-10)20-16(22)9-26-18(23)14-5-4-13(21(24)25)8-15(14)19/h4-8H,9H2,1-3H3,(H,20,22). The Morgan fingerprint density at radius 1 is 1.15 bits per heavy atom. The molecule has 1 N–H and O–H groups in total. The normalized spacial score (nSPS) is 10.3. The second-order valence-corrected chi connectivity index (χ2v) is 6.23. The summed E-state index contributed by atoms with van der Waals surface area (Å²) in [7, 11) is 0. The fourth-order valence-corrected chi connectivity index (χ4v) is 2.80. The van der Waals surface area contributed by atoms with Gasteiger partial charge in [0.05, 0.1) is 15.5 Å². The van der Waals surface area contributed by atoms with E-state index in [1.165, 1.54) is 6.07 Å². The molecule has 0 aromatic heterocycles. The van der Waals surface area contributed by atoms with Gasteiger partial charge in [-0.05, 0) is 38.0 Å². The van der Waals surface area contributed by atoms with Gasteiger partial charge in [-0.3, -0.25) is 14.9 Å². The molecule has 0 spiro atoms. The first-order valence-corrected chi connectivity index (χ1v) is 8.05. The molecule has 0 atom stereocenters. The highest BCUT2D eigenvalue weighted by atomic mass is 35.5. The third-order valence-electron chi connectivity index (χ3n) is 3.66. The zero-order chi connectivity index (χ0) is 19.4. The van der Waals surface area contributed by atoms with E-state index in [1.807, 2.05) is 32.9 Å². The number of hydrogen-bond acceptors (Lipinski definition) is 5. The van der Waals surface area contributed by atoms with Gasteiger partial charge in [-0.25, -0.2) is 4.79 Å². The summed E-state index contributed by atoms with van der Waals surface area (Å²) in [6, 6.07) is 7.25. The SMILES string of the molecule is Cc1cc(C)c(NC(=O)COC(=O)c2ccc([N+](=O)[O-])cc2Cl)c(C)c1. The number of carbonyl (C=O) groups is 2. The average molecular weight is 377 g/mol. The number of esters is 1. The van der Waals surface area contributed by atoms with Crippen molar-refractivity contribution in [2.45, 2.75) is 20.8 Å². The van der Waals surface area contributed by atoms with Gasteiger partial charge in [0.2, 0.25) is 0 Å². The van der Waals surface area contributed by atoms with Crippen LogP contribution < -0.4 is 5.32 Å². The third-order valence-corrected chi connectivity index (χ3v) is 3.97. The molecule has 0 saturated heterocycles. The first kappa shape index (κ1) is 19.4. The van der Waals surface area contributed by atoms with E-state index < -0.39 is 23.4 Å². The van der Waals surface area contributed by atoms with E-state index in [0.29, 0.717) is 5.69 Å². The Hall–Kier alpha value is -2.93. The topological polar surface area (TPSA) is 98.5 Å². The van der Waals surface area contributed by atoms with Crippen molar-refractivity contribution >= 4 is 34.9 Å². The van der Waals surface area contributed by atoms with E-state index in [0.717, 1.165) is 28.8 Å². The Morgan fingerprint density at radius 3 is 2.31 bits per heavy atom. The second-order valence-electron chi connectivity index (χ2n) is 5.82. The molecule has 0 fully saturated rings. The number of benzene rings is 2. The maximum Gasteiger partial charge on any atom is 0.340 e. The van der Waals surface area contributed by atoms with E-state index in [2.05, 4.69) is 5.32 Å². The number of rotatable bonds is 5. The van der Waals surface area contributed by atoms with Crippen molar-refractivity contribution in [3.8, 4) is 0 Å². The van der Waals surface area contributed by atoms with Crippen molar-refractivity contribution in [2.75, 3.05) is 11.9 Å². The molecule has 2 aromatic rings. The van der Waals surface area contributed by atoms with Crippen LogP contribution in [0.2, 0.25) is 5.02 Å².